The van der Waals surface area contributed by atoms with E-state index in [1.165, 1.54) is 6.07 Å². The van der Waals surface area contributed by atoms with Gasteiger partial charge in [-0.3, -0.25) is 0 Å². The van der Waals surface area contributed by atoms with Gasteiger partial charge in [0.1, 0.15) is 11.6 Å². The lowest BCUT2D eigenvalue weighted by molar-refractivity contribution is 0.274. The van der Waals surface area contributed by atoms with Crippen LogP contribution in [0.3, 0.4) is 0 Å². The summed E-state index contributed by atoms with van der Waals surface area (Å²) in [6.07, 6.45) is 1.07. The molecule has 0 atom stereocenters. The van der Waals surface area contributed by atoms with E-state index >= 15 is 0 Å². The number of rotatable bonds is 3. The number of nitrogens with zero attached hydrogens (tertiary/aromatic N) is 1. The van der Waals surface area contributed by atoms with Crippen molar-refractivity contribution < 1.29 is 14.2 Å². The smallest absolute Gasteiger partial charge is 0.224 e. The zero-order valence-electron chi connectivity index (χ0n) is 10.3. The van der Waals surface area contributed by atoms with Crippen LogP contribution in [-0.2, 0) is 6.61 Å². The van der Waals surface area contributed by atoms with Crippen molar-refractivity contribution in [2.24, 2.45) is 0 Å². The number of halogens is 1. The molecule has 94 valence electrons. The first-order chi connectivity index (χ1) is 8.60. The molecule has 0 amide bonds. The SMILES string of the molecule is Cc1ccc(C)c(Oc2ncc(F)cc2CO)c1. The molecule has 0 fully saturated rings. The number of aryl methyl sites for hydroxylation is 2. The van der Waals surface area contributed by atoms with E-state index in [4.69, 9.17) is 9.84 Å². The van der Waals surface area contributed by atoms with Gasteiger partial charge in [-0.1, -0.05) is 12.1 Å². The third-order valence-electron chi connectivity index (χ3n) is 2.61. The van der Waals surface area contributed by atoms with Crippen LogP contribution in [0.25, 0.3) is 0 Å². The monoisotopic (exact) mass is 247 g/mol. The Morgan fingerprint density at radius 2 is 2.06 bits per heavy atom. The zero-order valence-corrected chi connectivity index (χ0v) is 10.3. The van der Waals surface area contributed by atoms with Gasteiger partial charge >= 0.3 is 0 Å². The van der Waals surface area contributed by atoms with Crippen molar-refractivity contribution in [3.8, 4) is 11.6 Å². The molecule has 0 saturated carbocycles. The molecule has 3 nitrogen and oxygen atoms in total. The fraction of sp³-hybridized carbons (Fsp3) is 0.214. The van der Waals surface area contributed by atoms with Crippen LogP contribution >= 0.6 is 0 Å². The predicted molar refractivity (Wildman–Crippen MR) is 66.1 cm³/mol. The highest BCUT2D eigenvalue weighted by molar-refractivity contribution is 5.39. The summed E-state index contributed by atoms with van der Waals surface area (Å²) in [5.74, 6) is 0.392. The van der Waals surface area contributed by atoms with E-state index in [0.29, 0.717) is 11.3 Å². The van der Waals surface area contributed by atoms with Gasteiger partial charge in [0, 0.05) is 5.56 Å². The molecule has 2 aromatic rings. The van der Waals surface area contributed by atoms with Gasteiger partial charge in [0.05, 0.1) is 12.8 Å². The Hall–Kier alpha value is -1.94. The second-order valence-electron chi connectivity index (χ2n) is 4.15. The normalized spacial score (nSPS) is 10.4. The third-order valence-corrected chi connectivity index (χ3v) is 2.61. The fourth-order valence-corrected chi connectivity index (χ4v) is 1.60. The number of aliphatic hydroxyl groups is 1. The van der Waals surface area contributed by atoms with Crippen molar-refractivity contribution in [2.45, 2.75) is 20.5 Å². The van der Waals surface area contributed by atoms with E-state index in [1.807, 2.05) is 32.0 Å². The summed E-state index contributed by atoms with van der Waals surface area (Å²) in [6.45, 7) is 3.55. The summed E-state index contributed by atoms with van der Waals surface area (Å²) >= 11 is 0. The number of benzene rings is 1. The lowest BCUT2D eigenvalue weighted by Gasteiger charge is -2.11. The molecule has 2 rings (SSSR count). The number of aliphatic hydroxyl groups excluding tert-OH is 1. The quantitative estimate of drug-likeness (QED) is 0.906. The second-order valence-corrected chi connectivity index (χ2v) is 4.15. The lowest BCUT2D eigenvalue weighted by Crippen LogP contribution is -1.97. The highest BCUT2D eigenvalue weighted by Gasteiger charge is 2.09. The molecule has 0 aliphatic carbocycles. The summed E-state index contributed by atoms with van der Waals surface area (Å²) in [4.78, 5) is 3.86. The highest BCUT2D eigenvalue weighted by atomic mass is 19.1. The summed E-state index contributed by atoms with van der Waals surface area (Å²) in [7, 11) is 0. The van der Waals surface area contributed by atoms with E-state index in [1.54, 1.807) is 0 Å². The zero-order chi connectivity index (χ0) is 13.1. The molecule has 0 spiro atoms. The molecule has 0 bridgehead atoms. The molecule has 0 saturated heterocycles. The third kappa shape index (κ3) is 2.65. The number of aromatic nitrogens is 1. The number of ether oxygens (including phenoxy) is 1. The van der Waals surface area contributed by atoms with Gasteiger partial charge in [-0.25, -0.2) is 9.37 Å². The molecule has 0 unspecified atom stereocenters. The average Bonchev–Trinajstić information content (AvgIpc) is 2.36. The Morgan fingerprint density at radius 3 is 2.78 bits per heavy atom. The minimum atomic E-state index is -0.493. The fourth-order valence-electron chi connectivity index (χ4n) is 1.60. The van der Waals surface area contributed by atoms with Crippen molar-refractivity contribution in [3.63, 3.8) is 0 Å². The van der Waals surface area contributed by atoms with Crippen LogP contribution in [-0.4, -0.2) is 10.1 Å². The summed E-state index contributed by atoms with van der Waals surface area (Å²) < 4.78 is 18.6. The number of hydrogen-bond donors (Lipinski definition) is 1. The van der Waals surface area contributed by atoms with E-state index in [-0.39, 0.29) is 12.5 Å². The maximum absolute atomic E-state index is 13.0. The van der Waals surface area contributed by atoms with E-state index in [0.717, 1.165) is 17.3 Å². The van der Waals surface area contributed by atoms with Crippen molar-refractivity contribution >= 4 is 0 Å². The largest absolute Gasteiger partial charge is 0.438 e. The van der Waals surface area contributed by atoms with Gasteiger partial charge in [-0.05, 0) is 37.1 Å². The van der Waals surface area contributed by atoms with E-state index in [2.05, 4.69) is 4.98 Å². The van der Waals surface area contributed by atoms with Crippen LogP contribution < -0.4 is 4.74 Å². The van der Waals surface area contributed by atoms with E-state index in [9.17, 15) is 4.39 Å². The minimum Gasteiger partial charge on any atom is -0.438 e. The topological polar surface area (TPSA) is 42.4 Å². The van der Waals surface area contributed by atoms with Gasteiger partial charge < -0.3 is 9.84 Å². The van der Waals surface area contributed by atoms with Crippen LogP contribution in [0.15, 0.2) is 30.5 Å². The van der Waals surface area contributed by atoms with Crippen LogP contribution in [0.2, 0.25) is 0 Å². The number of hydrogen-bond acceptors (Lipinski definition) is 3. The molecule has 0 aliphatic heterocycles. The molecule has 0 aliphatic rings. The van der Waals surface area contributed by atoms with Gasteiger partial charge in [0.2, 0.25) is 5.88 Å². The molecule has 18 heavy (non-hydrogen) atoms. The summed E-state index contributed by atoms with van der Waals surface area (Å²) in [5, 5.41) is 9.16. The van der Waals surface area contributed by atoms with Gasteiger partial charge in [0.25, 0.3) is 0 Å². The van der Waals surface area contributed by atoms with Crippen molar-refractivity contribution in [1.29, 1.82) is 0 Å². The Kier molecular flexibility index (Phi) is 3.58. The first-order valence-corrected chi connectivity index (χ1v) is 5.60. The van der Waals surface area contributed by atoms with Crippen molar-refractivity contribution in [2.75, 3.05) is 0 Å². The number of pyridine rings is 1. The molecule has 0 radical (unpaired) electrons. The van der Waals surface area contributed by atoms with Crippen LogP contribution in [0.4, 0.5) is 4.39 Å². The first-order valence-electron chi connectivity index (χ1n) is 5.60. The van der Waals surface area contributed by atoms with Crippen LogP contribution in [0, 0.1) is 19.7 Å². The maximum atomic E-state index is 13.0. The Balaban J connectivity index is 2.36. The van der Waals surface area contributed by atoms with Gasteiger partial charge in [-0.15, -0.1) is 0 Å². The minimum absolute atomic E-state index is 0.229. The Labute approximate surface area is 105 Å². The lowest BCUT2D eigenvalue weighted by atomic mass is 10.1. The summed E-state index contributed by atoms with van der Waals surface area (Å²) in [5.41, 5.74) is 2.34. The van der Waals surface area contributed by atoms with Crippen LogP contribution in [0.1, 0.15) is 16.7 Å². The summed E-state index contributed by atoms with van der Waals surface area (Å²) in [6, 6.07) is 7.01. The van der Waals surface area contributed by atoms with Gasteiger partial charge in [0.15, 0.2) is 0 Å². The molecule has 4 heteroatoms. The maximum Gasteiger partial charge on any atom is 0.224 e. The Bertz CT molecular complexity index is 570. The molecular formula is C14H14FNO2. The second kappa shape index (κ2) is 5.14. The molecular weight excluding hydrogens is 233 g/mol. The van der Waals surface area contributed by atoms with E-state index < -0.39 is 5.82 Å². The predicted octanol–water partition coefficient (Wildman–Crippen LogP) is 3.12. The van der Waals surface area contributed by atoms with Gasteiger partial charge in [-0.2, -0.15) is 0 Å². The van der Waals surface area contributed by atoms with Crippen molar-refractivity contribution in [1.82, 2.24) is 4.98 Å². The average molecular weight is 247 g/mol. The highest BCUT2D eigenvalue weighted by Crippen LogP contribution is 2.27. The standard InChI is InChI=1S/C14H14FNO2/c1-9-3-4-10(2)13(5-9)18-14-11(8-17)6-12(15)7-16-14/h3-7,17H,8H2,1-2H3. The molecule has 1 heterocycles. The molecule has 1 aromatic carbocycles. The van der Waals surface area contributed by atoms with Crippen LogP contribution in [0.5, 0.6) is 11.6 Å². The molecule has 1 N–H and O–H groups in total. The first kappa shape index (κ1) is 12.5. The molecule has 1 aromatic heterocycles. The van der Waals surface area contributed by atoms with Crippen molar-refractivity contribution in [3.05, 3.63) is 53.0 Å². The Morgan fingerprint density at radius 1 is 1.28 bits per heavy atom.